The molecular formula is C23H26ClF. The van der Waals surface area contributed by atoms with Gasteiger partial charge in [0.1, 0.15) is 5.82 Å². The minimum atomic E-state index is -0.289. The molecule has 0 nitrogen and oxygen atoms in total. The molecule has 0 N–H and O–H groups in total. The van der Waals surface area contributed by atoms with Crippen LogP contribution in [0.15, 0.2) is 42.5 Å². The zero-order valence-electron chi connectivity index (χ0n) is 15.1. The highest BCUT2D eigenvalue weighted by molar-refractivity contribution is 6.33. The number of hydrogen-bond acceptors (Lipinski definition) is 0. The van der Waals surface area contributed by atoms with Crippen LogP contribution in [0.1, 0.15) is 57.1 Å². The van der Waals surface area contributed by atoms with Gasteiger partial charge in [0.25, 0.3) is 0 Å². The molecule has 2 heteroatoms. The molecule has 0 amide bonds. The van der Waals surface area contributed by atoms with Crippen molar-refractivity contribution < 1.29 is 4.39 Å². The summed E-state index contributed by atoms with van der Waals surface area (Å²) in [5.41, 5.74) is 5.12. The minimum absolute atomic E-state index is 0.228. The van der Waals surface area contributed by atoms with E-state index in [2.05, 4.69) is 37.3 Å². The molecule has 0 bridgehead atoms. The van der Waals surface area contributed by atoms with Crippen LogP contribution in [0.2, 0.25) is 5.02 Å². The standard InChI is InChI=1S/C23H26ClF/c1-3-5-16-6-8-18(9-7-16)19-10-12-20(13-11-19)21-15-14-17(4-2)23(25)22(21)24/h8,10-16H,3-7,9H2,1-2H3. The number of allylic oxidation sites excluding steroid dienone is 2. The summed E-state index contributed by atoms with van der Waals surface area (Å²) < 4.78 is 14.3. The molecule has 0 heterocycles. The first-order valence-electron chi connectivity index (χ1n) is 9.40. The lowest BCUT2D eigenvalue weighted by Gasteiger charge is -2.21. The Balaban J connectivity index is 1.81. The van der Waals surface area contributed by atoms with Crippen LogP contribution >= 0.6 is 11.6 Å². The second-order valence-electron chi connectivity index (χ2n) is 6.99. The molecule has 25 heavy (non-hydrogen) atoms. The van der Waals surface area contributed by atoms with Crippen LogP contribution < -0.4 is 0 Å². The van der Waals surface area contributed by atoms with E-state index in [1.165, 1.54) is 36.8 Å². The summed E-state index contributed by atoms with van der Waals surface area (Å²) in [6.07, 6.45) is 9.30. The number of hydrogen-bond donors (Lipinski definition) is 0. The molecule has 0 saturated heterocycles. The first-order valence-corrected chi connectivity index (χ1v) is 9.78. The highest BCUT2D eigenvalue weighted by Crippen LogP contribution is 2.35. The topological polar surface area (TPSA) is 0 Å². The van der Waals surface area contributed by atoms with Gasteiger partial charge in [0.2, 0.25) is 0 Å². The van der Waals surface area contributed by atoms with Crippen LogP contribution in [-0.2, 0) is 6.42 Å². The third-order valence-corrected chi connectivity index (χ3v) is 5.70. The Bertz CT molecular complexity index is 758. The third kappa shape index (κ3) is 3.98. The van der Waals surface area contributed by atoms with Gasteiger partial charge in [0.15, 0.2) is 0 Å². The predicted molar refractivity (Wildman–Crippen MR) is 106 cm³/mol. The zero-order chi connectivity index (χ0) is 17.8. The van der Waals surface area contributed by atoms with Crippen molar-refractivity contribution in [3.05, 3.63) is 64.4 Å². The largest absolute Gasteiger partial charge is 0.205 e. The monoisotopic (exact) mass is 356 g/mol. The molecule has 132 valence electrons. The summed E-state index contributed by atoms with van der Waals surface area (Å²) in [5.74, 6) is 0.564. The van der Waals surface area contributed by atoms with Crippen molar-refractivity contribution in [2.45, 2.75) is 52.4 Å². The minimum Gasteiger partial charge on any atom is -0.205 e. The maximum absolute atomic E-state index is 14.3. The maximum atomic E-state index is 14.3. The Morgan fingerprint density at radius 1 is 1.04 bits per heavy atom. The maximum Gasteiger partial charge on any atom is 0.145 e. The molecule has 2 aromatic rings. The number of aryl methyl sites for hydroxylation is 1. The number of rotatable bonds is 5. The van der Waals surface area contributed by atoms with Crippen LogP contribution in [0.3, 0.4) is 0 Å². The molecule has 0 spiro atoms. The van der Waals surface area contributed by atoms with Crippen LogP contribution in [0, 0.1) is 11.7 Å². The molecule has 0 radical (unpaired) electrons. The lowest BCUT2D eigenvalue weighted by molar-refractivity contribution is 0.445. The van der Waals surface area contributed by atoms with E-state index < -0.39 is 0 Å². The van der Waals surface area contributed by atoms with Crippen molar-refractivity contribution in [1.29, 1.82) is 0 Å². The van der Waals surface area contributed by atoms with E-state index in [1.54, 1.807) is 0 Å². The molecular weight excluding hydrogens is 331 g/mol. The van der Waals surface area contributed by atoms with Crippen molar-refractivity contribution >= 4 is 17.2 Å². The van der Waals surface area contributed by atoms with Crippen molar-refractivity contribution in [3.8, 4) is 11.1 Å². The van der Waals surface area contributed by atoms with Crippen molar-refractivity contribution in [3.63, 3.8) is 0 Å². The highest BCUT2D eigenvalue weighted by atomic mass is 35.5. The third-order valence-electron chi connectivity index (χ3n) is 5.33. The summed E-state index contributed by atoms with van der Waals surface area (Å²) in [6, 6.07) is 12.2. The fourth-order valence-corrected chi connectivity index (χ4v) is 4.06. The lowest BCUT2D eigenvalue weighted by atomic mass is 9.84. The summed E-state index contributed by atoms with van der Waals surface area (Å²) >= 11 is 6.26. The van der Waals surface area contributed by atoms with E-state index >= 15 is 0 Å². The molecule has 0 saturated carbocycles. The molecule has 1 aliphatic rings. The van der Waals surface area contributed by atoms with Gasteiger partial charge < -0.3 is 0 Å². The Morgan fingerprint density at radius 2 is 1.76 bits per heavy atom. The van der Waals surface area contributed by atoms with Crippen molar-refractivity contribution in [1.82, 2.24) is 0 Å². The second-order valence-corrected chi connectivity index (χ2v) is 7.37. The van der Waals surface area contributed by atoms with Gasteiger partial charge in [0.05, 0.1) is 5.02 Å². The first kappa shape index (κ1) is 18.2. The first-order chi connectivity index (χ1) is 12.1. The van der Waals surface area contributed by atoms with Gasteiger partial charge in [-0.2, -0.15) is 0 Å². The molecule has 0 aromatic heterocycles. The van der Waals surface area contributed by atoms with E-state index in [0.717, 1.165) is 23.5 Å². The average molecular weight is 357 g/mol. The van der Waals surface area contributed by atoms with E-state index in [4.69, 9.17) is 11.6 Å². The number of benzene rings is 2. The summed E-state index contributed by atoms with van der Waals surface area (Å²) in [6.45, 7) is 4.20. The Morgan fingerprint density at radius 3 is 2.36 bits per heavy atom. The van der Waals surface area contributed by atoms with E-state index in [1.807, 2.05) is 19.1 Å². The molecule has 1 unspecified atom stereocenters. The highest BCUT2D eigenvalue weighted by Gasteiger charge is 2.16. The Hall–Kier alpha value is -1.60. The quantitative estimate of drug-likeness (QED) is 0.515. The van der Waals surface area contributed by atoms with E-state index in [9.17, 15) is 4.39 Å². The molecule has 2 aromatic carbocycles. The fraction of sp³-hybridized carbons (Fsp3) is 0.391. The van der Waals surface area contributed by atoms with Gasteiger partial charge in [-0.25, -0.2) is 4.39 Å². The van der Waals surface area contributed by atoms with E-state index in [0.29, 0.717) is 12.0 Å². The van der Waals surface area contributed by atoms with E-state index in [-0.39, 0.29) is 10.8 Å². The molecule has 1 atom stereocenters. The Labute approximate surface area is 155 Å². The molecule has 0 aliphatic heterocycles. The van der Waals surface area contributed by atoms with Crippen LogP contribution in [0.5, 0.6) is 0 Å². The van der Waals surface area contributed by atoms with Gasteiger partial charge in [-0.3, -0.25) is 0 Å². The van der Waals surface area contributed by atoms with Crippen molar-refractivity contribution in [2.75, 3.05) is 0 Å². The van der Waals surface area contributed by atoms with Crippen LogP contribution in [0.25, 0.3) is 16.7 Å². The van der Waals surface area contributed by atoms with Gasteiger partial charge in [-0.15, -0.1) is 0 Å². The summed E-state index contributed by atoms with van der Waals surface area (Å²) in [7, 11) is 0. The molecule has 3 rings (SSSR count). The van der Waals surface area contributed by atoms with Crippen molar-refractivity contribution in [2.24, 2.45) is 5.92 Å². The fourth-order valence-electron chi connectivity index (χ4n) is 3.77. The average Bonchev–Trinajstić information content (AvgIpc) is 2.65. The normalized spacial score (nSPS) is 17.4. The summed E-state index contributed by atoms with van der Waals surface area (Å²) in [5, 5.41) is 0.228. The molecule has 1 aliphatic carbocycles. The van der Waals surface area contributed by atoms with Gasteiger partial charge in [-0.05, 0) is 53.9 Å². The lowest BCUT2D eigenvalue weighted by Crippen LogP contribution is -2.04. The van der Waals surface area contributed by atoms with Gasteiger partial charge in [0, 0.05) is 5.56 Å². The van der Waals surface area contributed by atoms with Crippen LogP contribution in [0.4, 0.5) is 4.39 Å². The smallest absolute Gasteiger partial charge is 0.145 e. The van der Waals surface area contributed by atoms with Gasteiger partial charge in [-0.1, -0.05) is 80.8 Å². The number of halogens is 2. The SMILES string of the molecule is CCCC1CC=C(c2ccc(-c3ccc(CC)c(F)c3Cl)cc2)CC1. The second kappa shape index (κ2) is 8.19. The van der Waals surface area contributed by atoms with Crippen LogP contribution in [-0.4, -0.2) is 0 Å². The molecule has 0 fully saturated rings. The zero-order valence-corrected chi connectivity index (χ0v) is 15.9. The predicted octanol–water partition coefficient (Wildman–Crippen LogP) is 7.69. The summed E-state index contributed by atoms with van der Waals surface area (Å²) in [4.78, 5) is 0. The Kier molecular flexibility index (Phi) is 5.96. The van der Waals surface area contributed by atoms with Gasteiger partial charge >= 0.3 is 0 Å².